The zero-order chi connectivity index (χ0) is 11.5. The summed E-state index contributed by atoms with van der Waals surface area (Å²) in [5, 5.41) is 1.62. The fraction of sp³-hybridized carbons (Fsp3) is 0.125. The van der Waals surface area contributed by atoms with Gasteiger partial charge in [-0.2, -0.15) is 0 Å². The maximum atomic E-state index is 12.2. The molecule has 0 aliphatic heterocycles. The van der Waals surface area contributed by atoms with Gasteiger partial charge in [0.05, 0.1) is 0 Å². The summed E-state index contributed by atoms with van der Waals surface area (Å²) in [7, 11) is 0. The minimum atomic E-state index is -4.59. The van der Waals surface area contributed by atoms with Crippen molar-refractivity contribution in [3.63, 3.8) is 0 Å². The van der Waals surface area contributed by atoms with Crippen molar-refractivity contribution in [1.29, 1.82) is 0 Å². The van der Waals surface area contributed by atoms with Gasteiger partial charge in [-0.25, -0.2) is 0 Å². The quantitative estimate of drug-likeness (QED) is 0.480. The summed E-state index contributed by atoms with van der Waals surface area (Å²) in [4.78, 5) is 11.6. The Hall–Kier alpha value is -0.430. The van der Waals surface area contributed by atoms with E-state index in [1.54, 1.807) is 11.4 Å². The Bertz CT molecular complexity index is 370. The molecule has 0 saturated heterocycles. The van der Waals surface area contributed by atoms with Gasteiger partial charge in [0.2, 0.25) is 0 Å². The third-order valence-electron chi connectivity index (χ3n) is 1.46. The summed E-state index contributed by atoms with van der Waals surface area (Å²) in [6, 6.07) is 3.07. The number of carbonyl (C=O) groups is 1. The van der Waals surface area contributed by atoms with Crippen LogP contribution in [0.5, 0.6) is 0 Å². The average Bonchev–Trinajstić information content (AvgIpc) is 2.64. The van der Waals surface area contributed by atoms with Gasteiger partial charge in [0.25, 0.3) is 0 Å². The van der Waals surface area contributed by atoms with Crippen LogP contribution in [0.2, 0.25) is 0 Å². The molecule has 1 radical (unpaired) electrons. The summed E-state index contributed by atoms with van der Waals surface area (Å²) < 4.78 is 40.9. The van der Waals surface area contributed by atoms with E-state index < -0.39 is 17.7 Å². The summed E-state index contributed by atoms with van der Waals surface area (Å²) >= 11 is 0.761. The normalized spacial score (nSPS) is 12.6. The molecule has 0 fully saturated rings. The summed E-state index contributed by atoms with van der Waals surface area (Å²) in [5.74, 6) is -1.90. The standard InChI is InChI=1S/C8H5F3O2S.In.H/c9-8(10,11)7(13)4-5(12)6-2-1-3-14-6;;/h1-4,13H;;/q;+1;/p-1. The fourth-order valence-electron chi connectivity index (χ4n) is 0.814. The van der Waals surface area contributed by atoms with E-state index in [2.05, 4.69) is 2.85 Å². The third kappa shape index (κ3) is 3.57. The zero-order valence-electron chi connectivity index (χ0n) is 7.38. The van der Waals surface area contributed by atoms with E-state index in [4.69, 9.17) is 0 Å². The van der Waals surface area contributed by atoms with Crippen LogP contribution in [0.15, 0.2) is 29.3 Å². The van der Waals surface area contributed by atoms with Crippen LogP contribution in [-0.4, -0.2) is 36.8 Å². The average molecular weight is 337 g/mol. The molecule has 0 aromatic carbocycles. The molecule has 0 spiro atoms. The SMILES string of the molecule is O=C(C=C([O][InH])C(F)(F)F)c1cccs1. The molecule has 0 saturated carbocycles. The molecule has 1 heterocycles. The topological polar surface area (TPSA) is 26.3 Å². The van der Waals surface area contributed by atoms with Gasteiger partial charge in [-0.15, -0.1) is 0 Å². The molecule has 0 bridgehead atoms. The molecule has 1 aromatic rings. The second-order valence-corrected chi connectivity index (χ2v) is 4.26. The van der Waals surface area contributed by atoms with E-state index in [9.17, 15) is 18.0 Å². The van der Waals surface area contributed by atoms with E-state index in [-0.39, 0.29) is 29.7 Å². The molecule has 0 N–H and O–H groups in total. The van der Waals surface area contributed by atoms with E-state index in [0.29, 0.717) is 6.08 Å². The molecule has 1 aromatic heterocycles. The van der Waals surface area contributed by atoms with E-state index >= 15 is 0 Å². The molecule has 0 unspecified atom stereocenters. The van der Waals surface area contributed by atoms with Crippen molar-refractivity contribution in [2.24, 2.45) is 0 Å². The van der Waals surface area contributed by atoms with Gasteiger partial charge >= 0.3 is 103 Å². The summed E-state index contributed by atoms with van der Waals surface area (Å²) in [6.07, 6.45) is -4.10. The van der Waals surface area contributed by atoms with Gasteiger partial charge in [-0.1, -0.05) is 0 Å². The van der Waals surface area contributed by atoms with Gasteiger partial charge in [0.15, 0.2) is 0 Å². The van der Waals surface area contributed by atoms with E-state index in [1.165, 1.54) is 6.07 Å². The zero-order valence-corrected chi connectivity index (χ0v) is 12.2. The van der Waals surface area contributed by atoms with Crippen LogP contribution < -0.4 is 0 Å². The van der Waals surface area contributed by atoms with Gasteiger partial charge in [0.1, 0.15) is 0 Å². The molecule has 1 rings (SSSR count). The Morgan fingerprint density at radius 2 is 2.20 bits per heavy atom. The Labute approximate surface area is 103 Å². The molecule has 15 heavy (non-hydrogen) atoms. The van der Waals surface area contributed by atoms with Crippen LogP contribution in [-0.2, 0) is 2.85 Å². The van der Waals surface area contributed by atoms with Crippen molar-refractivity contribution < 1.29 is 20.8 Å². The number of alkyl halides is 3. The van der Waals surface area contributed by atoms with Crippen molar-refractivity contribution in [3.8, 4) is 0 Å². The molecular formula is C8H5F3InO2S. The second kappa shape index (κ2) is 5.07. The van der Waals surface area contributed by atoms with E-state index in [1.807, 2.05) is 0 Å². The monoisotopic (exact) mass is 337 g/mol. The summed E-state index contributed by atoms with van der Waals surface area (Å²) in [6.45, 7) is 0. The summed E-state index contributed by atoms with van der Waals surface area (Å²) in [5.41, 5.74) is 0. The number of halogens is 3. The first-order valence-corrected chi connectivity index (χ1v) is 6.26. The Kier molecular flexibility index (Phi) is 4.27. The molecular weight excluding hydrogens is 332 g/mol. The van der Waals surface area contributed by atoms with Crippen molar-refractivity contribution >= 4 is 41.9 Å². The Morgan fingerprint density at radius 1 is 1.53 bits per heavy atom. The molecule has 7 heteroatoms. The molecule has 2 nitrogen and oxygen atoms in total. The van der Waals surface area contributed by atoms with Crippen molar-refractivity contribution in [1.82, 2.24) is 0 Å². The molecule has 0 aliphatic rings. The molecule has 0 atom stereocenters. The Balaban J connectivity index is 2.91. The van der Waals surface area contributed by atoms with Crippen molar-refractivity contribution in [3.05, 3.63) is 34.2 Å². The van der Waals surface area contributed by atoms with Crippen LogP contribution in [0.4, 0.5) is 13.2 Å². The van der Waals surface area contributed by atoms with Crippen LogP contribution >= 0.6 is 11.3 Å². The van der Waals surface area contributed by atoms with E-state index in [0.717, 1.165) is 11.3 Å². The van der Waals surface area contributed by atoms with Gasteiger partial charge in [-0.05, 0) is 0 Å². The fourth-order valence-corrected chi connectivity index (χ4v) is 2.16. The first-order valence-electron chi connectivity index (χ1n) is 3.74. The molecule has 0 amide bonds. The maximum absolute atomic E-state index is 12.2. The van der Waals surface area contributed by atoms with Gasteiger partial charge in [-0.3, -0.25) is 0 Å². The number of carbonyl (C=O) groups excluding carboxylic acids is 1. The number of allylic oxidation sites excluding steroid dienone is 2. The third-order valence-corrected chi connectivity index (χ3v) is 3.23. The van der Waals surface area contributed by atoms with Gasteiger partial charge < -0.3 is 0 Å². The Morgan fingerprint density at radius 3 is 2.60 bits per heavy atom. The number of rotatable bonds is 3. The van der Waals surface area contributed by atoms with Crippen LogP contribution in [0.1, 0.15) is 9.67 Å². The second-order valence-electron chi connectivity index (χ2n) is 2.49. The van der Waals surface area contributed by atoms with Gasteiger partial charge in [0, 0.05) is 0 Å². The number of thiophene rings is 1. The first-order chi connectivity index (χ1) is 6.95. The number of ketones is 1. The van der Waals surface area contributed by atoms with Crippen LogP contribution in [0.3, 0.4) is 0 Å². The molecule has 79 valence electrons. The predicted molar refractivity (Wildman–Crippen MR) is 51.0 cm³/mol. The first kappa shape index (κ1) is 12.6. The van der Waals surface area contributed by atoms with Crippen molar-refractivity contribution in [2.75, 3.05) is 0 Å². The van der Waals surface area contributed by atoms with Crippen LogP contribution in [0, 0.1) is 0 Å². The van der Waals surface area contributed by atoms with Crippen LogP contribution in [0.25, 0.3) is 0 Å². The number of hydrogen-bond donors (Lipinski definition) is 0. The van der Waals surface area contributed by atoms with Crippen molar-refractivity contribution in [2.45, 2.75) is 6.18 Å². The number of hydrogen-bond acceptors (Lipinski definition) is 3. The minimum absolute atomic E-state index is 0.263. The predicted octanol–water partition coefficient (Wildman–Crippen LogP) is 2.21. The molecule has 0 aliphatic carbocycles.